The van der Waals surface area contributed by atoms with Crippen molar-refractivity contribution in [2.24, 2.45) is 0 Å². The van der Waals surface area contributed by atoms with E-state index in [9.17, 15) is 5.11 Å². The zero-order valence-corrected chi connectivity index (χ0v) is 13.1. The van der Waals surface area contributed by atoms with Crippen LogP contribution in [-0.4, -0.2) is 28.4 Å². The largest absolute Gasteiger partial charge is 0.494 e. The lowest BCUT2D eigenvalue weighted by atomic mass is 10.0. The van der Waals surface area contributed by atoms with Gasteiger partial charge in [-0.05, 0) is 37.1 Å². The topological polar surface area (TPSA) is 47.3 Å². The molecule has 0 spiro atoms. The van der Waals surface area contributed by atoms with Crippen LogP contribution >= 0.6 is 0 Å². The Balaban J connectivity index is 2.15. The summed E-state index contributed by atoms with van der Waals surface area (Å²) in [6.45, 7) is 4.61. The van der Waals surface area contributed by atoms with E-state index in [0.717, 1.165) is 27.5 Å². The molecule has 114 valence electrons. The molecule has 22 heavy (non-hydrogen) atoms. The van der Waals surface area contributed by atoms with Crippen molar-refractivity contribution in [1.29, 1.82) is 0 Å². The second-order valence-corrected chi connectivity index (χ2v) is 5.66. The number of methoxy groups -OCH3 is 1. The van der Waals surface area contributed by atoms with Gasteiger partial charge in [0.05, 0.1) is 12.6 Å². The number of rotatable bonds is 4. The minimum Gasteiger partial charge on any atom is -0.494 e. The number of aryl methyl sites for hydroxylation is 1. The summed E-state index contributed by atoms with van der Waals surface area (Å²) in [4.78, 5) is 4.18. The Labute approximate surface area is 130 Å². The molecule has 4 nitrogen and oxygen atoms in total. The van der Waals surface area contributed by atoms with Gasteiger partial charge < -0.3 is 14.4 Å². The van der Waals surface area contributed by atoms with Crippen molar-refractivity contribution >= 4 is 10.8 Å². The molecule has 2 heterocycles. The van der Waals surface area contributed by atoms with Gasteiger partial charge in [-0.3, -0.25) is 4.98 Å². The summed E-state index contributed by atoms with van der Waals surface area (Å²) in [5.41, 5.74) is 3.23. The average Bonchev–Trinajstić information content (AvgIpc) is 2.86. The normalized spacial score (nSPS) is 12.7. The minimum atomic E-state index is 0.0821. The first-order chi connectivity index (χ1) is 10.6. The van der Waals surface area contributed by atoms with Gasteiger partial charge in [-0.2, -0.15) is 0 Å². The van der Waals surface area contributed by atoms with Gasteiger partial charge in [0.25, 0.3) is 0 Å². The van der Waals surface area contributed by atoms with Crippen molar-refractivity contribution < 1.29 is 9.84 Å². The van der Waals surface area contributed by atoms with E-state index in [0.29, 0.717) is 12.5 Å². The molecule has 0 radical (unpaired) electrons. The van der Waals surface area contributed by atoms with Crippen molar-refractivity contribution in [3.63, 3.8) is 0 Å². The van der Waals surface area contributed by atoms with Gasteiger partial charge in [0.1, 0.15) is 0 Å². The number of aromatic hydroxyl groups is 1. The molecule has 0 aliphatic carbocycles. The van der Waals surface area contributed by atoms with Gasteiger partial charge in [0, 0.05) is 42.0 Å². The Bertz CT molecular complexity index is 794. The fraction of sp³-hybridized carbons (Fsp3) is 0.278. The Kier molecular flexibility index (Phi) is 3.86. The highest BCUT2D eigenvalue weighted by Crippen LogP contribution is 2.35. The highest BCUT2D eigenvalue weighted by Gasteiger charge is 2.16. The van der Waals surface area contributed by atoms with E-state index >= 15 is 0 Å². The van der Waals surface area contributed by atoms with Crippen molar-refractivity contribution in [3.05, 3.63) is 48.4 Å². The lowest BCUT2D eigenvalue weighted by Gasteiger charge is -2.13. The summed E-state index contributed by atoms with van der Waals surface area (Å²) >= 11 is 0. The number of nitrogens with zero attached hydrogens (tertiary/aromatic N) is 2. The molecule has 2 aromatic heterocycles. The zero-order chi connectivity index (χ0) is 15.7. The molecule has 1 unspecified atom stereocenters. The predicted molar refractivity (Wildman–Crippen MR) is 88.2 cm³/mol. The molecule has 1 N–H and O–H groups in total. The van der Waals surface area contributed by atoms with Crippen LogP contribution in [0.25, 0.3) is 21.9 Å². The minimum absolute atomic E-state index is 0.0821. The molecule has 0 aliphatic heterocycles. The third-order valence-electron chi connectivity index (χ3n) is 3.99. The van der Waals surface area contributed by atoms with Crippen LogP contribution in [0.2, 0.25) is 0 Å². The summed E-state index contributed by atoms with van der Waals surface area (Å²) in [7, 11) is 1.67. The first-order valence-electron chi connectivity index (χ1n) is 7.35. The molecule has 0 aliphatic rings. The van der Waals surface area contributed by atoms with Crippen LogP contribution in [0.3, 0.4) is 0 Å². The fourth-order valence-electron chi connectivity index (χ4n) is 2.92. The van der Waals surface area contributed by atoms with Crippen LogP contribution < -0.4 is 0 Å². The standard InChI is InChI=1S/C18H20N2O2/c1-12-7-15(14-5-4-6-19-9-14)8-16-10-20(13(2)11-22-3)18(21)17(12)16/h4-10,13,21H,11H2,1-3H3. The number of pyridine rings is 1. The molecule has 1 atom stereocenters. The van der Waals surface area contributed by atoms with E-state index in [1.807, 2.05) is 42.9 Å². The maximum Gasteiger partial charge on any atom is 0.199 e. The van der Waals surface area contributed by atoms with E-state index in [2.05, 4.69) is 17.1 Å². The molecule has 3 aromatic rings. The number of aromatic nitrogens is 2. The van der Waals surface area contributed by atoms with Crippen LogP contribution in [0.15, 0.2) is 42.9 Å². The van der Waals surface area contributed by atoms with E-state index in [-0.39, 0.29) is 6.04 Å². The molecular weight excluding hydrogens is 276 g/mol. The van der Waals surface area contributed by atoms with Gasteiger partial charge in [-0.15, -0.1) is 0 Å². The number of hydrogen-bond donors (Lipinski definition) is 1. The summed E-state index contributed by atoms with van der Waals surface area (Å²) in [6.07, 6.45) is 5.61. The van der Waals surface area contributed by atoms with Crippen molar-refractivity contribution in [2.45, 2.75) is 19.9 Å². The molecule has 0 saturated carbocycles. The van der Waals surface area contributed by atoms with Gasteiger partial charge in [0.2, 0.25) is 0 Å². The second kappa shape index (κ2) is 5.81. The van der Waals surface area contributed by atoms with Crippen LogP contribution in [0, 0.1) is 6.92 Å². The van der Waals surface area contributed by atoms with Crippen LogP contribution in [0.1, 0.15) is 18.5 Å². The number of fused-ring (bicyclic) bond motifs is 1. The lowest BCUT2D eigenvalue weighted by Crippen LogP contribution is -2.09. The summed E-state index contributed by atoms with van der Waals surface area (Å²) in [5, 5.41) is 12.4. The molecule has 0 amide bonds. The van der Waals surface area contributed by atoms with E-state index in [1.165, 1.54) is 0 Å². The third-order valence-corrected chi connectivity index (χ3v) is 3.99. The fourth-order valence-corrected chi connectivity index (χ4v) is 2.92. The molecular formula is C18H20N2O2. The Morgan fingerprint density at radius 2 is 2.14 bits per heavy atom. The van der Waals surface area contributed by atoms with Crippen molar-refractivity contribution in [3.8, 4) is 17.0 Å². The monoisotopic (exact) mass is 296 g/mol. The van der Waals surface area contributed by atoms with E-state index < -0.39 is 0 Å². The molecule has 0 bridgehead atoms. The molecule has 3 rings (SSSR count). The molecule has 1 aromatic carbocycles. The predicted octanol–water partition coefficient (Wildman–Crippen LogP) is 3.92. The first kappa shape index (κ1) is 14.6. The highest BCUT2D eigenvalue weighted by molar-refractivity contribution is 5.94. The molecule has 0 saturated heterocycles. The number of ether oxygens (including phenoxy) is 1. The van der Waals surface area contributed by atoms with Gasteiger partial charge >= 0.3 is 0 Å². The maximum absolute atomic E-state index is 10.5. The number of benzene rings is 1. The third kappa shape index (κ3) is 2.46. The Hall–Kier alpha value is -2.33. The van der Waals surface area contributed by atoms with Crippen molar-refractivity contribution in [2.75, 3.05) is 13.7 Å². The van der Waals surface area contributed by atoms with E-state index in [4.69, 9.17) is 4.74 Å². The summed E-state index contributed by atoms with van der Waals surface area (Å²) < 4.78 is 7.06. The van der Waals surface area contributed by atoms with Gasteiger partial charge in [-0.1, -0.05) is 12.1 Å². The van der Waals surface area contributed by atoms with E-state index in [1.54, 1.807) is 13.3 Å². The Morgan fingerprint density at radius 3 is 2.82 bits per heavy atom. The second-order valence-electron chi connectivity index (χ2n) is 5.66. The molecule has 4 heteroatoms. The van der Waals surface area contributed by atoms with Gasteiger partial charge in [-0.25, -0.2) is 0 Å². The van der Waals surface area contributed by atoms with Crippen LogP contribution in [-0.2, 0) is 4.74 Å². The smallest absolute Gasteiger partial charge is 0.199 e. The highest BCUT2D eigenvalue weighted by atomic mass is 16.5. The summed E-state index contributed by atoms with van der Waals surface area (Å²) in [6, 6.07) is 8.23. The van der Waals surface area contributed by atoms with Crippen LogP contribution in [0.5, 0.6) is 5.88 Å². The zero-order valence-electron chi connectivity index (χ0n) is 13.1. The Morgan fingerprint density at radius 1 is 1.32 bits per heavy atom. The quantitative estimate of drug-likeness (QED) is 0.793. The van der Waals surface area contributed by atoms with Crippen LogP contribution in [0.4, 0.5) is 0 Å². The first-order valence-corrected chi connectivity index (χ1v) is 7.35. The lowest BCUT2D eigenvalue weighted by molar-refractivity contribution is 0.158. The maximum atomic E-state index is 10.5. The number of hydrogen-bond acceptors (Lipinski definition) is 3. The van der Waals surface area contributed by atoms with Gasteiger partial charge in [0.15, 0.2) is 5.88 Å². The van der Waals surface area contributed by atoms with Crippen molar-refractivity contribution in [1.82, 2.24) is 9.55 Å². The summed E-state index contributed by atoms with van der Waals surface area (Å²) in [5.74, 6) is 0.301. The average molecular weight is 296 g/mol. The SMILES string of the molecule is COCC(C)n1cc2cc(-c3cccnc3)cc(C)c2c1O. The molecule has 0 fully saturated rings.